The Labute approximate surface area is 154 Å². The summed E-state index contributed by atoms with van der Waals surface area (Å²) in [4.78, 5) is 2.28. The molecule has 0 amide bonds. The summed E-state index contributed by atoms with van der Waals surface area (Å²) >= 11 is 0. The second-order valence-corrected chi connectivity index (χ2v) is 7.91. The Morgan fingerprint density at radius 3 is 2.23 bits per heavy atom. The monoisotopic (exact) mass is 362 g/mol. The molecule has 1 saturated heterocycles. The molecular formula is C20H18N4OS. The zero-order valence-corrected chi connectivity index (χ0v) is 15.0. The third kappa shape index (κ3) is 3.39. The van der Waals surface area contributed by atoms with Crippen LogP contribution in [0.1, 0.15) is 5.56 Å². The Bertz CT molecular complexity index is 960. The van der Waals surface area contributed by atoms with Crippen LogP contribution in [0, 0.1) is 11.3 Å². The van der Waals surface area contributed by atoms with Gasteiger partial charge in [0.2, 0.25) is 0 Å². The van der Waals surface area contributed by atoms with E-state index in [0.29, 0.717) is 5.56 Å². The molecule has 4 rings (SSSR count). The molecule has 0 bridgehead atoms. The van der Waals surface area contributed by atoms with Crippen molar-refractivity contribution in [3.05, 3.63) is 66.5 Å². The molecule has 1 aromatic heterocycles. The minimum Gasteiger partial charge on any atom is -0.370 e. The summed E-state index contributed by atoms with van der Waals surface area (Å²) in [6.45, 7) is 1.70. The van der Waals surface area contributed by atoms with E-state index in [4.69, 9.17) is 5.26 Å². The minimum absolute atomic E-state index is 0.637. The number of anilines is 1. The van der Waals surface area contributed by atoms with Crippen molar-refractivity contribution in [2.24, 2.45) is 0 Å². The highest BCUT2D eigenvalue weighted by Gasteiger charge is 2.15. The van der Waals surface area contributed by atoms with Crippen LogP contribution in [0.25, 0.3) is 16.8 Å². The summed E-state index contributed by atoms with van der Waals surface area (Å²) in [7, 11) is -0.657. The minimum atomic E-state index is -0.657. The van der Waals surface area contributed by atoms with E-state index in [1.807, 2.05) is 29.2 Å². The molecule has 130 valence electrons. The lowest BCUT2D eigenvalue weighted by Gasteiger charge is -2.28. The Morgan fingerprint density at radius 2 is 1.58 bits per heavy atom. The highest BCUT2D eigenvalue weighted by molar-refractivity contribution is 7.85. The fourth-order valence-electron chi connectivity index (χ4n) is 3.06. The summed E-state index contributed by atoms with van der Waals surface area (Å²) in [6, 6.07) is 17.9. The van der Waals surface area contributed by atoms with Crippen LogP contribution in [0.3, 0.4) is 0 Å². The third-order valence-electron chi connectivity index (χ3n) is 4.59. The predicted octanol–water partition coefficient (Wildman–Crippen LogP) is 2.98. The van der Waals surface area contributed by atoms with Crippen molar-refractivity contribution in [1.29, 1.82) is 5.26 Å². The van der Waals surface area contributed by atoms with Crippen molar-refractivity contribution in [2.75, 3.05) is 29.5 Å². The fraction of sp³-hybridized carbons (Fsp3) is 0.200. The maximum absolute atomic E-state index is 11.5. The van der Waals surface area contributed by atoms with Crippen LogP contribution in [-0.2, 0) is 10.8 Å². The number of aromatic nitrogens is 2. The van der Waals surface area contributed by atoms with Gasteiger partial charge in [-0.05, 0) is 42.0 Å². The van der Waals surface area contributed by atoms with E-state index < -0.39 is 10.8 Å². The topological polar surface area (TPSA) is 61.9 Å². The second-order valence-electron chi connectivity index (χ2n) is 6.21. The Hall–Kier alpha value is -2.91. The number of nitriles is 1. The molecule has 0 N–H and O–H groups in total. The highest BCUT2D eigenvalue weighted by Crippen LogP contribution is 2.24. The molecule has 6 heteroatoms. The van der Waals surface area contributed by atoms with Gasteiger partial charge in [-0.2, -0.15) is 10.4 Å². The standard InChI is InChI=1S/C20H18N4OS/c21-13-16-1-5-20(6-2-16)24-15-18(14-22-24)17-3-7-19(8-4-17)23-9-11-26(25)12-10-23/h1-8,14-15H,9-12H2. The number of benzene rings is 2. The average molecular weight is 362 g/mol. The van der Waals surface area contributed by atoms with Crippen molar-refractivity contribution in [3.63, 3.8) is 0 Å². The van der Waals surface area contributed by atoms with Crippen molar-refractivity contribution in [3.8, 4) is 22.9 Å². The van der Waals surface area contributed by atoms with Crippen molar-refractivity contribution in [1.82, 2.24) is 9.78 Å². The molecule has 0 spiro atoms. The molecular weight excluding hydrogens is 344 g/mol. The largest absolute Gasteiger partial charge is 0.370 e. The van der Waals surface area contributed by atoms with Gasteiger partial charge in [0.25, 0.3) is 0 Å². The quantitative estimate of drug-likeness (QED) is 0.719. The first kappa shape index (κ1) is 16.6. The van der Waals surface area contributed by atoms with Gasteiger partial charge in [0.1, 0.15) is 0 Å². The molecule has 0 radical (unpaired) electrons. The van der Waals surface area contributed by atoms with Crippen LogP contribution in [0.4, 0.5) is 5.69 Å². The molecule has 26 heavy (non-hydrogen) atoms. The maximum atomic E-state index is 11.5. The molecule has 0 unspecified atom stereocenters. The van der Waals surface area contributed by atoms with Gasteiger partial charge in [-0.25, -0.2) is 4.68 Å². The zero-order chi connectivity index (χ0) is 17.9. The molecule has 3 aromatic rings. The lowest BCUT2D eigenvalue weighted by atomic mass is 10.1. The van der Waals surface area contributed by atoms with E-state index in [9.17, 15) is 4.21 Å². The van der Waals surface area contributed by atoms with Crippen molar-refractivity contribution >= 4 is 16.5 Å². The van der Waals surface area contributed by atoms with Crippen LogP contribution >= 0.6 is 0 Å². The van der Waals surface area contributed by atoms with Gasteiger partial charge < -0.3 is 4.90 Å². The molecule has 0 saturated carbocycles. The molecule has 1 aliphatic rings. The summed E-state index contributed by atoms with van der Waals surface area (Å²) in [5.41, 5.74) is 4.88. The fourth-order valence-corrected chi connectivity index (χ4v) is 4.11. The third-order valence-corrected chi connectivity index (χ3v) is 5.86. The Kier molecular flexibility index (Phi) is 4.55. The molecule has 2 aromatic carbocycles. The van der Waals surface area contributed by atoms with Crippen molar-refractivity contribution < 1.29 is 4.21 Å². The zero-order valence-electron chi connectivity index (χ0n) is 14.2. The number of nitrogens with zero attached hydrogens (tertiary/aromatic N) is 4. The van der Waals surface area contributed by atoms with E-state index in [0.717, 1.165) is 41.4 Å². The lowest BCUT2D eigenvalue weighted by Crippen LogP contribution is -2.37. The summed E-state index contributed by atoms with van der Waals surface area (Å²) in [5, 5.41) is 13.3. The number of hydrogen-bond acceptors (Lipinski definition) is 4. The molecule has 1 aliphatic heterocycles. The Balaban J connectivity index is 1.52. The normalized spacial score (nSPS) is 15.0. The van der Waals surface area contributed by atoms with E-state index >= 15 is 0 Å². The molecule has 1 fully saturated rings. The van der Waals surface area contributed by atoms with Gasteiger partial charge in [-0.1, -0.05) is 12.1 Å². The number of rotatable bonds is 3. The first-order valence-electron chi connectivity index (χ1n) is 8.48. The first-order chi connectivity index (χ1) is 12.7. The van der Waals surface area contributed by atoms with Gasteiger partial charge in [0.05, 0.1) is 23.5 Å². The lowest BCUT2D eigenvalue weighted by molar-refractivity contribution is 0.673. The van der Waals surface area contributed by atoms with Gasteiger partial charge in [0, 0.05) is 52.8 Å². The molecule has 5 nitrogen and oxygen atoms in total. The van der Waals surface area contributed by atoms with Crippen LogP contribution < -0.4 is 4.90 Å². The van der Waals surface area contributed by atoms with Crippen LogP contribution in [0.5, 0.6) is 0 Å². The Morgan fingerprint density at radius 1 is 0.923 bits per heavy atom. The first-order valence-corrected chi connectivity index (χ1v) is 9.97. The highest BCUT2D eigenvalue weighted by atomic mass is 32.2. The summed E-state index contributed by atoms with van der Waals surface area (Å²) in [5.74, 6) is 1.50. The SMILES string of the molecule is N#Cc1ccc(-n2cc(-c3ccc(N4CCS(=O)CC4)cc3)cn2)cc1. The van der Waals surface area contributed by atoms with Crippen molar-refractivity contribution in [2.45, 2.75) is 0 Å². The average Bonchev–Trinajstić information content (AvgIpc) is 3.19. The van der Waals surface area contributed by atoms with Gasteiger partial charge in [-0.3, -0.25) is 4.21 Å². The van der Waals surface area contributed by atoms with E-state index in [1.165, 1.54) is 5.69 Å². The van der Waals surface area contributed by atoms with Crippen LogP contribution in [-0.4, -0.2) is 38.6 Å². The van der Waals surface area contributed by atoms with Gasteiger partial charge >= 0.3 is 0 Å². The van der Waals surface area contributed by atoms with Crippen LogP contribution in [0.15, 0.2) is 60.9 Å². The molecule has 0 atom stereocenters. The van der Waals surface area contributed by atoms with E-state index in [2.05, 4.69) is 40.3 Å². The summed E-state index contributed by atoms with van der Waals surface area (Å²) in [6.07, 6.45) is 3.83. The summed E-state index contributed by atoms with van der Waals surface area (Å²) < 4.78 is 13.3. The molecule has 0 aliphatic carbocycles. The van der Waals surface area contributed by atoms with Gasteiger partial charge in [-0.15, -0.1) is 0 Å². The molecule has 2 heterocycles. The van der Waals surface area contributed by atoms with E-state index in [1.54, 1.807) is 12.1 Å². The van der Waals surface area contributed by atoms with Gasteiger partial charge in [0.15, 0.2) is 0 Å². The maximum Gasteiger partial charge on any atom is 0.0991 e. The number of hydrogen-bond donors (Lipinski definition) is 0. The van der Waals surface area contributed by atoms with E-state index in [-0.39, 0.29) is 0 Å². The predicted molar refractivity (Wildman–Crippen MR) is 104 cm³/mol. The smallest absolute Gasteiger partial charge is 0.0991 e. The van der Waals surface area contributed by atoms with Crippen LogP contribution in [0.2, 0.25) is 0 Å². The second kappa shape index (κ2) is 7.14.